The zero-order valence-corrected chi connectivity index (χ0v) is 12.4. The Morgan fingerprint density at radius 2 is 1.75 bits per heavy atom. The summed E-state index contributed by atoms with van der Waals surface area (Å²) in [6.45, 7) is 5.85. The van der Waals surface area contributed by atoms with Crippen LogP contribution in [0.15, 0.2) is 28.3 Å². The first kappa shape index (κ1) is 14.3. The van der Waals surface area contributed by atoms with Gasteiger partial charge < -0.3 is 11.5 Å². The first-order valence-corrected chi connectivity index (χ1v) is 6.89. The maximum absolute atomic E-state index is 11.4. The number of nitrogens with two attached hydrogens (primary N) is 2. The number of benzene rings is 1. The number of carbonyl (C=O) groups excluding carboxylic acids is 1. The van der Waals surface area contributed by atoms with Gasteiger partial charge in [-0.25, -0.2) is 9.97 Å². The molecular formula is C14H16N4OS. The molecule has 0 bridgehead atoms. The molecule has 0 unspecified atom stereocenters. The molecular weight excluding hydrogens is 272 g/mol. The number of anilines is 1. The van der Waals surface area contributed by atoms with Crippen molar-refractivity contribution in [3.8, 4) is 0 Å². The average molecular weight is 288 g/mol. The Bertz CT molecular complexity index is 662. The van der Waals surface area contributed by atoms with Crippen LogP contribution in [0.5, 0.6) is 0 Å². The summed E-state index contributed by atoms with van der Waals surface area (Å²) < 4.78 is 0. The molecule has 5 nitrogen and oxygen atoms in total. The lowest BCUT2D eigenvalue weighted by atomic mass is 10.2. The molecule has 0 atom stereocenters. The fourth-order valence-electron chi connectivity index (χ4n) is 1.71. The van der Waals surface area contributed by atoms with Crippen LogP contribution in [0.4, 0.5) is 5.69 Å². The van der Waals surface area contributed by atoms with Gasteiger partial charge in [0.25, 0.3) is 0 Å². The van der Waals surface area contributed by atoms with Crippen molar-refractivity contribution in [3.05, 3.63) is 40.7 Å². The number of hydrogen-bond donors (Lipinski definition) is 2. The van der Waals surface area contributed by atoms with Crippen LogP contribution in [0.1, 0.15) is 27.3 Å². The summed E-state index contributed by atoms with van der Waals surface area (Å²) in [6.07, 6.45) is 0. The van der Waals surface area contributed by atoms with Gasteiger partial charge in [-0.2, -0.15) is 0 Å². The maximum atomic E-state index is 11.4. The smallest absolute Gasteiger partial charge is 0.249 e. The Morgan fingerprint density at radius 3 is 2.30 bits per heavy atom. The number of carbonyl (C=O) groups is 1. The van der Waals surface area contributed by atoms with Gasteiger partial charge >= 0.3 is 0 Å². The number of nitrogens with zero attached hydrogens (tertiary/aromatic N) is 2. The first-order chi connectivity index (χ1) is 9.38. The molecule has 4 N–H and O–H groups in total. The van der Waals surface area contributed by atoms with Gasteiger partial charge in [0.05, 0.1) is 5.56 Å². The summed E-state index contributed by atoms with van der Waals surface area (Å²) in [5.41, 5.74) is 15.0. The van der Waals surface area contributed by atoms with Crippen molar-refractivity contribution in [1.29, 1.82) is 0 Å². The van der Waals surface area contributed by atoms with E-state index in [0.29, 0.717) is 21.3 Å². The second-order valence-corrected chi connectivity index (χ2v) is 5.53. The van der Waals surface area contributed by atoms with E-state index >= 15 is 0 Å². The number of aryl methyl sites for hydroxylation is 2. The molecule has 0 saturated heterocycles. The van der Waals surface area contributed by atoms with Crippen LogP contribution in [-0.4, -0.2) is 15.9 Å². The molecule has 6 heteroatoms. The predicted octanol–water partition coefficient (Wildman–Crippen LogP) is 2.23. The average Bonchev–Trinajstić information content (AvgIpc) is 2.35. The summed E-state index contributed by atoms with van der Waals surface area (Å²) in [4.78, 5) is 20.9. The molecule has 0 fully saturated rings. The fourth-order valence-corrected chi connectivity index (χ4v) is 2.75. The monoisotopic (exact) mass is 288 g/mol. The minimum atomic E-state index is -0.493. The van der Waals surface area contributed by atoms with E-state index in [-0.39, 0.29) is 0 Å². The van der Waals surface area contributed by atoms with Crippen molar-refractivity contribution >= 4 is 23.4 Å². The van der Waals surface area contributed by atoms with E-state index in [2.05, 4.69) is 9.97 Å². The molecule has 2 aromatic rings. The molecule has 0 radical (unpaired) electrons. The molecule has 0 saturated carbocycles. The molecule has 20 heavy (non-hydrogen) atoms. The van der Waals surface area contributed by atoms with E-state index in [1.54, 1.807) is 18.2 Å². The Hall–Kier alpha value is -2.08. The SMILES string of the molecule is Cc1nc(Sc2cc(N)ccc2C(N)=O)nc(C)c1C. The highest BCUT2D eigenvalue weighted by Crippen LogP contribution is 2.30. The van der Waals surface area contributed by atoms with Crippen LogP contribution < -0.4 is 11.5 Å². The molecule has 0 spiro atoms. The zero-order valence-electron chi connectivity index (χ0n) is 11.6. The summed E-state index contributed by atoms with van der Waals surface area (Å²) in [6, 6.07) is 4.98. The van der Waals surface area contributed by atoms with E-state index in [1.165, 1.54) is 11.8 Å². The van der Waals surface area contributed by atoms with Crippen molar-refractivity contribution in [2.45, 2.75) is 30.8 Å². The van der Waals surface area contributed by atoms with Crippen molar-refractivity contribution in [2.24, 2.45) is 5.73 Å². The van der Waals surface area contributed by atoms with Gasteiger partial charge in [-0.15, -0.1) is 0 Å². The Labute approximate surface area is 121 Å². The van der Waals surface area contributed by atoms with Gasteiger partial charge in [-0.05, 0) is 56.3 Å². The van der Waals surface area contributed by atoms with E-state index in [4.69, 9.17) is 11.5 Å². The molecule has 2 rings (SSSR count). The summed E-state index contributed by atoms with van der Waals surface area (Å²) in [7, 11) is 0. The highest BCUT2D eigenvalue weighted by atomic mass is 32.2. The molecule has 0 aliphatic carbocycles. The molecule has 1 aromatic carbocycles. The van der Waals surface area contributed by atoms with Gasteiger partial charge in [0.15, 0.2) is 5.16 Å². The van der Waals surface area contributed by atoms with Gasteiger partial charge in [0.1, 0.15) is 0 Å². The van der Waals surface area contributed by atoms with E-state index in [0.717, 1.165) is 17.0 Å². The number of hydrogen-bond acceptors (Lipinski definition) is 5. The highest BCUT2D eigenvalue weighted by molar-refractivity contribution is 7.99. The topological polar surface area (TPSA) is 94.9 Å². The Kier molecular flexibility index (Phi) is 3.94. The van der Waals surface area contributed by atoms with Crippen LogP contribution in [-0.2, 0) is 0 Å². The van der Waals surface area contributed by atoms with Gasteiger partial charge in [-0.1, -0.05) is 0 Å². The number of aromatic nitrogens is 2. The molecule has 1 heterocycles. The van der Waals surface area contributed by atoms with E-state index in [1.807, 2.05) is 20.8 Å². The lowest BCUT2D eigenvalue weighted by Gasteiger charge is -2.09. The molecule has 0 aliphatic rings. The highest BCUT2D eigenvalue weighted by Gasteiger charge is 2.13. The standard InChI is InChI=1S/C14H16N4OS/c1-7-8(2)17-14(18-9(7)3)20-12-6-10(15)4-5-11(12)13(16)19/h4-6H,15H2,1-3H3,(H2,16,19). The maximum Gasteiger partial charge on any atom is 0.249 e. The van der Waals surface area contributed by atoms with E-state index in [9.17, 15) is 4.79 Å². The van der Waals surface area contributed by atoms with E-state index < -0.39 is 5.91 Å². The van der Waals surface area contributed by atoms with Crippen LogP contribution in [0.2, 0.25) is 0 Å². The third-order valence-electron chi connectivity index (χ3n) is 3.08. The quantitative estimate of drug-likeness (QED) is 0.667. The van der Waals surface area contributed by atoms with Crippen molar-refractivity contribution < 1.29 is 4.79 Å². The van der Waals surface area contributed by atoms with Crippen molar-refractivity contribution in [1.82, 2.24) is 9.97 Å². The van der Waals surface area contributed by atoms with Crippen LogP contribution in [0.3, 0.4) is 0 Å². The predicted molar refractivity (Wildman–Crippen MR) is 79.7 cm³/mol. The Morgan fingerprint density at radius 1 is 1.15 bits per heavy atom. The second-order valence-electron chi connectivity index (χ2n) is 4.52. The van der Waals surface area contributed by atoms with Crippen molar-refractivity contribution in [2.75, 3.05) is 5.73 Å². The fraction of sp³-hybridized carbons (Fsp3) is 0.214. The van der Waals surface area contributed by atoms with Crippen molar-refractivity contribution in [3.63, 3.8) is 0 Å². The lowest BCUT2D eigenvalue weighted by molar-refractivity contribution is 0.0997. The second kappa shape index (κ2) is 5.50. The third kappa shape index (κ3) is 2.91. The number of rotatable bonds is 3. The molecule has 104 valence electrons. The van der Waals surface area contributed by atoms with Gasteiger partial charge in [0.2, 0.25) is 5.91 Å². The summed E-state index contributed by atoms with van der Waals surface area (Å²) >= 11 is 1.29. The molecule has 1 aromatic heterocycles. The minimum absolute atomic E-state index is 0.420. The van der Waals surface area contributed by atoms with Crippen LogP contribution >= 0.6 is 11.8 Å². The lowest BCUT2D eigenvalue weighted by Crippen LogP contribution is -2.12. The summed E-state index contributed by atoms with van der Waals surface area (Å²) in [5, 5.41) is 0.582. The Balaban J connectivity index is 2.44. The van der Waals surface area contributed by atoms with Crippen LogP contribution in [0.25, 0.3) is 0 Å². The molecule has 1 amide bonds. The summed E-state index contributed by atoms with van der Waals surface area (Å²) in [5.74, 6) is -0.493. The number of nitrogen functional groups attached to an aromatic ring is 1. The van der Waals surface area contributed by atoms with Crippen LogP contribution in [0, 0.1) is 20.8 Å². The first-order valence-electron chi connectivity index (χ1n) is 6.07. The third-order valence-corrected chi connectivity index (χ3v) is 4.01. The normalized spacial score (nSPS) is 10.6. The zero-order chi connectivity index (χ0) is 14.9. The number of amides is 1. The van der Waals surface area contributed by atoms with Gasteiger partial charge in [-0.3, -0.25) is 4.79 Å². The molecule has 0 aliphatic heterocycles. The van der Waals surface area contributed by atoms with Gasteiger partial charge in [0, 0.05) is 22.0 Å². The minimum Gasteiger partial charge on any atom is -0.399 e. The largest absolute Gasteiger partial charge is 0.399 e. The number of primary amides is 1.